The number of halogens is 1. The van der Waals surface area contributed by atoms with Gasteiger partial charge in [0.05, 0.1) is 25.0 Å². The van der Waals surface area contributed by atoms with E-state index in [-0.39, 0.29) is 12.2 Å². The molecule has 0 aliphatic carbocycles. The molecule has 88 valence electrons. The van der Waals surface area contributed by atoms with Gasteiger partial charge in [0, 0.05) is 11.8 Å². The normalized spacial score (nSPS) is 10.4. The van der Waals surface area contributed by atoms with Crippen molar-refractivity contribution in [2.45, 2.75) is 13.0 Å². The lowest BCUT2D eigenvalue weighted by Gasteiger charge is -2.03. The number of carbonyl (C=O) groups is 1. The van der Waals surface area contributed by atoms with Gasteiger partial charge in [-0.1, -0.05) is 18.2 Å². The zero-order valence-electron chi connectivity index (χ0n) is 9.01. The largest absolute Gasteiger partial charge is 0.481 e. The van der Waals surface area contributed by atoms with Gasteiger partial charge in [0.2, 0.25) is 0 Å². The van der Waals surface area contributed by atoms with Crippen molar-refractivity contribution in [2.75, 3.05) is 0 Å². The van der Waals surface area contributed by atoms with Gasteiger partial charge in [-0.05, 0) is 6.07 Å². The highest BCUT2D eigenvalue weighted by molar-refractivity contribution is 5.69. The molecule has 4 nitrogen and oxygen atoms in total. The summed E-state index contributed by atoms with van der Waals surface area (Å²) in [6.45, 7) is 0.347. The highest BCUT2D eigenvalue weighted by Gasteiger charge is 2.06. The van der Waals surface area contributed by atoms with Gasteiger partial charge < -0.3 is 9.67 Å². The van der Waals surface area contributed by atoms with Gasteiger partial charge in [0.1, 0.15) is 5.82 Å². The van der Waals surface area contributed by atoms with Crippen LogP contribution in [0.1, 0.15) is 11.3 Å². The van der Waals surface area contributed by atoms with Gasteiger partial charge in [0.25, 0.3) is 0 Å². The average Bonchev–Trinajstić information content (AvgIpc) is 2.68. The van der Waals surface area contributed by atoms with Crippen LogP contribution in [0.5, 0.6) is 0 Å². The molecule has 1 heterocycles. The number of carboxylic acid groups (broad SMARTS) is 1. The van der Waals surface area contributed by atoms with E-state index in [1.807, 2.05) is 0 Å². The van der Waals surface area contributed by atoms with Gasteiger partial charge in [-0.2, -0.15) is 0 Å². The molecule has 0 radical (unpaired) electrons. The SMILES string of the molecule is O=C(O)Cc1cn(Cc2ccccc2F)cn1. The second-order valence-electron chi connectivity index (χ2n) is 3.70. The van der Waals surface area contributed by atoms with Crippen molar-refractivity contribution < 1.29 is 14.3 Å². The molecule has 1 aromatic heterocycles. The van der Waals surface area contributed by atoms with Gasteiger partial charge >= 0.3 is 5.97 Å². The summed E-state index contributed by atoms with van der Waals surface area (Å²) in [5.41, 5.74) is 1.01. The molecule has 1 aromatic carbocycles. The molecule has 0 aliphatic heterocycles. The minimum Gasteiger partial charge on any atom is -0.481 e. The van der Waals surface area contributed by atoms with E-state index >= 15 is 0 Å². The van der Waals surface area contributed by atoms with Crippen LogP contribution in [0.25, 0.3) is 0 Å². The van der Waals surface area contributed by atoms with Gasteiger partial charge in [0.15, 0.2) is 0 Å². The van der Waals surface area contributed by atoms with Crippen LogP contribution in [0.15, 0.2) is 36.8 Å². The quantitative estimate of drug-likeness (QED) is 0.875. The fraction of sp³-hybridized carbons (Fsp3) is 0.167. The first-order valence-corrected chi connectivity index (χ1v) is 5.11. The standard InChI is InChI=1S/C12H11FN2O2/c13-11-4-2-1-3-9(11)6-15-7-10(14-8-15)5-12(16)17/h1-4,7-8H,5-6H2,(H,16,17). The number of aromatic nitrogens is 2. The van der Waals surface area contributed by atoms with Crippen LogP contribution < -0.4 is 0 Å². The van der Waals surface area contributed by atoms with E-state index < -0.39 is 5.97 Å². The van der Waals surface area contributed by atoms with Crippen molar-refractivity contribution in [2.24, 2.45) is 0 Å². The Labute approximate surface area is 97.3 Å². The van der Waals surface area contributed by atoms with Gasteiger partial charge in [-0.25, -0.2) is 9.37 Å². The topological polar surface area (TPSA) is 55.1 Å². The van der Waals surface area contributed by atoms with Crippen LogP contribution in [0, 0.1) is 5.82 Å². The minimum atomic E-state index is -0.929. The van der Waals surface area contributed by atoms with Crippen LogP contribution in [-0.4, -0.2) is 20.6 Å². The summed E-state index contributed by atoms with van der Waals surface area (Å²) in [5, 5.41) is 8.60. The van der Waals surface area contributed by atoms with Crippen molar-refractivity contribution in [3.05, 3.63) is 53.9 Å². The van der Waals surface area contributed by atoms with E-state index in [9.17, 15) is 9.18 Å². The lowest BCUT2D eigenvalue weighted by atomic mass is 10.2. The van der Waals surface area contributed by atoms with E-state index in [2.05, 4.69) is 4.98 Å². The molecule has 2 rings (SSSR count). The van der Waals surface area contributed by atoms with Gasteiger partial charge in [-0.3, -0.25) is 4.79 Å². The molecular formula is C12H11FN2O2. The number of hydrogen-bond acceptors (Lipinski definition) is 2. The van der Waals surface area contributed by atoms with Crippen LogP contribution in [0.4, 0.5) is 4.39 Å². The minimum absolute atomic E-state index is 0.121. The number of imidazole rings is 1. The Morgan fingerprint density at radius 3 is 2.88 bits per heavy atom. The van der Waals surface area contributed by atoms with Crippen LogP contribution in [0.2, 0.25) is 0 Å². The molecule has 0 unspecified atom stereocenters. The van der Waals surface area contributed by atoms with Crippen molar-refractivity contribution in [3.63, 3.8) is 0 Å². The molecule has 0 saturated carbocycles. The number of hydrogen-bond donors (Lipinski definition) is 1. The molecule has 0 bridgehead atoms. The van der Waals surface area contributed by atoms with E-state index in [1.165, 1.54) is 12.4 Å². The molecule has 5 heteroatoms. The smallest absolute Gasteiger partial charge is 0.309 e. The zero-order valence-corrected chi connectivity index (χ0v) is 9.01. The number of aliphatic carboxylic acids is 1. The van der Waals surface area contributed by atoms with E-state index in [0.717, 1.165) is 0 Å². The Kier molecular flexibility index (Phi) is 3.18. The summed E-state index contributed by atoms with van der Waals surface area (Å²) < 4.78 is 15.0. The summed E-state index contributed by atoms with van der Waals surface area (Å²) in [6.07, 6.45) is 3.00. The predicted molar refractivity (Wildman–Crippen MR) is 59.1 cm³/mol. The third kappa shape index (κ3) is 2.90. The second-order valence-corrected chi connectivity index (χ2v) is 3.70. The third-order valence-corrected chi connectivity index (χ3v) is 2.33. The number of nitrogens with zero attached hydrogens (tertiary/aromatic N) is 2. The molecule has 0 saturated heterocycles. The highest BCUT2D eigenvalue weighted by Crippen LogP contribution is 2.09. The first-order valence-electron chi connectivity index (χ1n) is 5.11. The molecule has 0 aliphatic rings. The zero-order chi connectivity index (χ0) is 12.3. The Balaban J connectivity index is 2.12. The number of rotatable bonds is 4. The Morgan fingerprint density at radius 2 is 2.18 bits per heavy atom. The van der Waals surface area contributed by atoms with E-state index in [0.29, 0.717) is 17.8 Å². The summed E-state index contributed by atoms with van der Waals surface area (Å²) in [5.74, 6) is -1.21. The van der Waals surface area contributed by atoms with Crippen LogP contribution in [-0.2, 0) is 17.8 Å². The third-order valence-electron chi connectivity index (χ3n) is 2.33. The summed E-state index contributed by atoms with van der Waals surface area (Å²) >= 11 is 0. The first kappa shape index (κ1) is 11.3. The molecule has 1 N–H and O–H groups in total. The fourth-order valence-corrected chi connectivity index (χ4v) is 1.56. The molecule has 2 aromatic rings. The number of benzene rings is 1. The van der Waals surface area contributed by atoms with Crippen molar-refractivity contribution in [3.8, 4) is 0 Å². The monoisotopic (exact) mass is 234 g/mol. The van der Waals surface area contributed by atoms with Crippen molar-refractivity contribution >= 4 is 5.97 Å². The summed E-state index contributed by atoms with van der Waals surface area (Å²) in [7, 11) is 0. The summed E-state index contributed by atoms with van der Waals surface area (Å²) in [6, 6.07) is 6.47. The lowest BCUT2D eigenvalue weighted by Crippen LogP contribution is -2.01. The van der Waals surface area contributed by atoms with Crippen molar-refractivity contribution in [1.82, 2.24) is 9.55 Å². The molecule has 0 spiro atoms. The molecule has 0 amide bonds. The maximum Gasteiger partial charge on any atom is 0.309 e. The maximum absolute atomic E-state index is 13.4. The van der Waals surface area contributed by atoms with Crippen molar-refractivity contribution in [1.29, 1.82) is 0 Å². The summed E-state index contributed by atoms with van der Waals surface area (Å²) in [4.78, 5) is 14.4. The molecule has 0 fully saturated rings. The predicted octanol–water partition coefficient (Wildman–Crippen LogP) is 1.70. The average molecular weight is 234 g/mol. The van der Waals surface area contributed by atoms with Crippen LogP contribution >= 0.6 is 0 Å². The molecular weight excluding hydrogens is 223 g/mol. The van der Waals surface area contributed by atoms with Gasteiger partial charge in [-0.15, -0.1) is 0 Å². The first-order chi connectivity index (χ1) is 8.15. The highest BCUT2D eigenvalue weighted by atomic mass is 19.1. The molecule has 0 atom stereocenters. The van der Waals surface area contributed by atoms with E-state index in [4.69, 9.17) is 5.11 Å². The maximum atomic E-state index is 13.4. The second kappa shape index (κ2) is 4.78. The van der Waals surface area contributed by atoms with E-state index in [1.54, 1.807) is 29.0 Å². The Hall–Kier alpha value is -2.17. The Bertz CT molecular complexity index is 537. The molecule has 17 heavy (non-hydrogen) atoms. The fourth-order valence-electron chi connectivity index (χ4n) is 1.56. The number of carboxylic acids is 1. The Morgan fingerprint density at radius 1 is 1.41 bits per heavy atom. The lowest BCUT2D eigenvalue weighted by molar-refractivity contribution is -0.136. The van der Waals surface area contributed by atoms with Crippen LogP contribution in [0.3, 0.4) is 0 Å².